The summed E-state index contributed by atoms with van der Waals surface area (Å²) in [5.41, 5.74) is -1.85. The van der Waals surface area contributed by atoms with E-state index in [-0.39, 0.29) is 64.1 Å². The summed E-state index contributed by atoms with van der Waals surface area (Å²) in [4.78, 5) is -0.656. The van der Waals surface area contributed by atoms with Gasteiger partial charge in [0.05, 0.1) is 19.6 Å². The minimum Gasteiger partial charge on any atom is -0.218 e. The fourth-order valence-corrected chi connectivity index (χ4v) is 11.8. The van der Waals surface area contributed by atoms with Gasteiger partial charge in [-0.25, -0.2) is 25.6 Å². The van der Waals surface area contributed by atoms with E-state index >= 15 is 8.78 Å². The molecular weight excluding hydrogens is 847 g/mol. The smallest absolute Gasteiger partial charge is 0.207 e. The van der Waals surface area contributed by atoms with Crippen molar-refractivity contribution in [1.29, 1.82) is 21.0 Å². The first-order valence-electron chi connectivity index (χ1n) is 19.5. The summed E-state index contributed by atoms with van der Waals surface area (Å²) in [6, 6.07) is 41.3. The van der Waals surface area contributed by atoms with Gasteiger partial charge in [-0.05, 0) is 107 Å². The molecule has 0 fully saturated rings. The van der Waals surface area contributed by atoms with Gasteiger partial charge in [0.1, 0.15) is 47.1 Å². The Kier molecular flexibility index (Phi) is 9.81. The first-order chi connectivity index (χ1) is 30.8. The molecule has 0 N–H and O–H groups in total. The second-order valence-corrected chi connectivity index (χ2v) is 19.0. The summed E-state index contributed by atoms with van der Waals surface area (Å²) in [7, 11) is -8.76. The Morgan fingerprint density at radius 1 is 0.406 bits per heavy atom. The maximum Gasteiger partial charge on any atom is 0.207 e. The van der Waals surface area contributed by atoms with Gasteiger partial charge in [-0.2, -0.15) is 21.0 Å². The van der Waals surface area contributed by atoms with Gasteiger partial charge in [0.25, 0.3) is 0 Å². The lowest BCUT2D eigenvalue weighted by molar-refractivity contribution is 0.594. The molecule has 2 aliphatic carbocycles. The Morgan fingerprint density at radius 3 is 1.06 bits per heavy atom. The van der Waals surface area contributed by atoms with Gasteiger partial charge in [0, 0.05) is 44.5 Å². The fourth-order valence-electron chi connectivity index (χ4n) is 8.78. The van der Waals surface area contributed by atoms with E-state index in [1.54, 1.807) is 123 Å². The Labute approximate surface area is 367 Å². The normalized spacial score (nSPS) is 12.2. The molecule has 7 aromatic carbocycles. The minimum atomic E-state index is -4.38. The van der Waals surface area contributed by atoms with Crippen LogP contribution in [-0.4, -0.2) is 16.8 Å². The van der Waals surface area contributed by atoms with E-state index in [1.807, 2.05) is 0 Å². The molecule has 0 spiro atoms. The topological polar surface area (TPSA) is 163 Å². The molecule has 0 heterocycles. The van der Waals surface area contributed by atoms with Crippen molar-refractivity contribution in [1.82, 2.24) is 0 Å². The van der Waals surface area contributed by atoms with Crippen LogP contribution in [0.4, 0.5) is 8.78 Å². The second kappa shape index (κ2) is 15.3. The van der Waals surface area contributed by atoms with E-state index in [2.05, 4.69) is 0 Å². The Balaban J connectivity index is 1.44. The van der Waals surface area contributed by atoms with Crippen molar-refractivity contribution in [3.8, 4) is 68.8 Å². The highest BCUT2D eigenvalue weighted by atomic mass is 32.2. The third-order valence-corrected chi connectivity index (χ3v) is 15.3. The monoisotopic (exact) mass is 874 g/mol. The summed E-state index contributed by atoms with van der Waals surface area (Å²) in [5.74, 6) is -2.29. The third kappa shape index (κ3) is 6.01. The summed E-state index contributed by atoms with van der Waals surface area (Å²) in [6.07, 6.45) is 0. The van der Waals surface area contributed by atoms with Gasteiger partial charge in [-0.1, -0.05) is 84.9 Å². The first-order valence-corrected chi connectivity index (χ1v) is 22.5. The van der Waals surface area contributed by atoms with E-state index in [9.17, 15) is 37.9 Å². The van der Waals surface area contributed by atoms with Gasteiger partial charge < -0.3 is 0 Å². The van der Waals surface area contributed by atoms with Crippen LogP contribution in [0.1, 0.15) is 33.4 Å². The summed E-state index contributed by atoms with van der Waals surface area (Å²) in [6.45, 7) is 3.52. The maximum atomic E-state index is 18.3. The molecule has 0 saturated carbocycles. The summed E-state index contributed by atoms with van der Waals surface area (Å²) >= 11 is 0. The lowest BCUT2D eigenvalue weighted by atomic mass is 9.91. The molecule has 0 saturated heterocycles. The Morgan fingerprint density at radius 2 is 0.734 bits per heavy atom. The van der Waals surface area contributed by atoms with E-state index in [0.29, 0.717) is 22.3 Å². The number of fused-ring (bicyclic) bond motifs is 6. The number of halogens is 2. The molecule has 306 valence electrons. The van der Waals surface area contributed by atoms with Crippen molar-refractivity contribution >= 4 is 30.8 Å². The minimum absolute atomic E-state index is 0.0591. The average Bonchev–Trinajstić information content (AvgIpc) is 3.83. The zero-order valence-electron chi connectivity index (χ0n) is 33.7. The van der Waals surface area contributed by atoms with E-state index < -0.39 is 64.7 Å². The average molecular weight is 875 g/mol. The van der Waals surface area contributed by atoms with Crippen molar-refractivity contribution in [2.45, 2.75) is 33.4 Å². The quantitative estimate of drug-likeness (QED) is 0.149. The number of sulfone groups is 2. The van der Waals surface area contributed by atoms with Crippen molar-refractivity contribution in [3.63, 3.8) is 0 Å². The lowest BCUT2D eigenvalue weighted by Crippen LogP contribution is -2.06. The number of nitrogens with zero attached hydrogens (tertiary/aromatic N) is 4. The molecule has 7 aromatic rings. The number of allylic oxidation sites excluding steroid dienone is 2. The highest BCUT2D eigenvalue weighted by Gasteiger charge is 2.43. The second-order valence-electron chi connectivity index (χ2n) is 15.1. The first kappa shape index (κ1) is 41.1. The molecule has 0 amide bonds. The Bertz CT molecular complexity index is 3440. The predicted octanol–water partition coefficient (Wildman–Crippen LogP) is 11.2. The van der Waals surface area contributed by atoms with Crippen LogP contribution in [0.15, 0.2) is 164 Å². The van der Waals surface area contributed by atoms with E-state index in [1.165, 1.54) is 48.5 Å². The molecule has 0 atom stereocenters. The van der Waals surface area contributed by atoms with Crippen LogP contribution in [0.2, 0.25) is 0 Å². The molecular formula is C52H28F2N4O4S2. The van der Waals surface area contributed by atoms with E-state index in [0.717, 1.165) is 0 Å². The number of rotatable bonds is 6. The Hall–Kier alpha value is -8.26. The van der Waals surface area contributed by atoms with Gasteiger partial charge in [-0.15, -0.1) is 0 Å². The molecule has 64 heavy (non-hydrogen) atoms. The largest absolute Gasteiger partial charge is 0.218 e. The molecule has 2 aliphatic rings. The van der Waals surface area contributed by atoms with Crippen LogP contribution in [0.5, 0.6) is 0 Å². The standard InChI is InChI=1S/C52H28F2N4O4S2/c1-29-13-9-11-19-35(29)37-21-39-41(23-43(37)63(59,60)33-15-5-3-6-16-33)45(31(25-55)26-56)49-47(39)51(53)50-46(32(27-57)28-58)42-24-44(64(61,62)34-17-7-4-8-18-34)38(22-40(42)48(50)52(49)54)36-20-12-10-14-30(36)2/h3-24H,1-2H3. The molecule has 0 bridgehead atoms. The molecule has 12 heteroatoms. The van der Waals surface area contributed by atoms with Gasteiger partial charge in [0.15, 0.2) is 0 Å². The third-order valence-electron chi connectivity index (χ3n) is 11.7. The van der Waals surface area contributed by atoms with Crippen molar-refractivity contribution in [3.05, 3.63) is 190 Å². The summed E-state index contributed by atoms with van der Waals surface area (Å²) < 4.78 is 95.0. The number of aryl methyl sites for hydroxylation is 2. The van der Waals surface area contributed by atoms with Crippen molar-refractivity contribution in [2.24, 2.45) is 0 Å². The summed E-state index contributed by atoms with van der Waals surface area (Å²) in [5, 5.41) is 41.6. The molecule has 9 rings (SSSR count). The van der Waals surface area contributed by atoms with E-state index in [4.69, 9.17) is 0 Å². The number of hydrogen-bond acceptors (Lipinski definition) is 8. The highest BCUT2D eigenvalue weighted by Crippen LogP contribution is 2.59. The number of nitriles is 4. The van der Waals surface area contributed by atoms with Crippen LogP contribution < -0.4 is 0 Å². The zero-order valence-corrected chi connectivity index (χ0v) is 35.3. The van der Waals surface area contributed by atoms with Crippen molar-refractivity contribution in [2.75, 3.05) is 0 Å². The van der Waals surface area contributed by atoms with Crippen LogP contribution >= 0.6 is 0 Å². The molecule has 0 aromatic heterocycles. The van der Waals surface area contributed by atoms with Gasteiger partial charge >= 0.3 is 0 Å². The molecule has 0 unspecified atom stereocenters. The molecule has 0 radical (unpaired) electrons. The zero-order chi connectivity index (χ0) is 45.2. The molecule has 0 aliphatic heterocycles. The van der Waals surface area contributed by atoms with Crippen LogP contribution in [0.3, 0.4) is 0 Å². The number of hydrogen-bond donors (Lipinski definition) is 0. The maximum absolute atomic E-state index is 18.3. The highest BCUT2D eigenvalue weighted by molar-refractivity contribution is 7.92. The lowest BCUT2D eigenvalue weighted by Gasteiger charge is -2.16. The van der Waals surface area contributed by atoms with Crippen LogP contribution in [0.25, 0.3) is 55.7 Å². The SMILES string of the molecule is Cc1ccccc1-c1cc2c(cc1S(=O)(=O)c1ccccc1)C(=C(C#N)C#N)c1c(F)c3c(c(F)c1-2)C(=C(C#N)C#N)c1cc(S(=O)(=O)c2ccccc2)c(-c2ccccc2C)cc1-3. The molecule has 8 nitrogen and oxygen atoms in total. The fraction of sp³-hybridized carbons (Fsp3) is 0.0385. The van der Waals surface area contributed by atoms with Gasteiger partial charge in [-0.3, -0.25) is 0 Å². The van der Waals surface area contributed by atoms with Crippen LogP contribution in [-0.2, 0) is 19.7 Å². The predicted molar refractivity (Wildman–Crippen MR) is 236 cm³/mol. The van der Waals surface area contributed by atoms with Gasteiger partial charge in [0.2, 0.25) is 19.7 Å². The van der Waals surface area contributed by atoms with Crippen molar-refractivity contribution < 1.29 is 25.6 Å². The van der Waals surface area contributed by atoms with Crippen LogP contribution in [0, 0.1) is 70.8 Å². The number of benzene rings is 7.